The summed E-state index contributed by atoms with van der Waals surface area (Å²) in [6, 6.07) is 35.6. The van der Waals surface area contributed by atoms with Gasteiger partial charge >= 0.3 is 0 Å². The van der Waals surface area contributed by atoms with Crippen molar-refractivity contribution in [1.29, 1.82) is 0 Å². The van der Waals surface area contributed by atoms with Gasteiger partial charge in [-0.2, -0.15) is 0 Å². The minimum absolute atomic E-state index is 0. The molecule has 1 amide bonds. The fourth-order valence-corrected chi connectivity index (χ4v) is 6.94. The lowest BCUT2D eigenvalue weighted by molar-refractivity contribution is 0.102. The Labute approximate surface area is 493 Å². The lowest BCUT2D eigenvalue weighted by Gasteiger charge is -2.11. The number of carbonyl (C=O) groups excluding carboxylic acids is 2. The highest BCUT2D eigenvalue weighted by atomic mass is 35.5. The summed E-state index contributed by atoms with van der Waals surface area (Å²) in [5.41, 5.74) is 10.8. The molecule has 0 aliphatic heterocycles. The predicted molar refractivity (Wildman–Crippen MR) is 316 cm³/mol. The number of hydrogen-bond donors (Lipinski definition) is 4. The molecule has 0 aliphatic rings. The molecule has 0 saturated carbocycles. The van der Waals surface area contributed by atoms with E-state index in [0.717, 1.165) is 11.4 Å². The lowest BCUT2D eigenvalue weighted by Crippen LogP contribution is -2.13. The maximum Gasteiger partial charge on any atom is 0.274 e. The number of aromatic nitrogens is 7. The van der Waals surface area contributed by atoms with Gasteiger partial charge in [-0.05, 0) is 121 Å². The first-order valence-corrected chi connectivity index (χ1v) is 25.3. The number of nitrogens with zero attached hydrogens (tertiary/aromatic N) is 7. The minimum atomic E-state index is -0.562. The molecule has 0 aliphatic carbocycles. The van der Waals surface area contributed by atoms with Gasteiger partial charge in [0.1, 0.15) is 106 Å². The third-order valence-corrected chi connectivity index (χ3v) is 11.6. The zero-order valence-electron chi connectivity index (χ0n) is 46.1. The fourth-order valence-electron chi connectivity index (χ4n) is 6.82. The molecule has 0 radical (unpaired) electrons. The van der Waals surface area contributed by atoms with Crippen molar-refractivity contribution in [2.24, 2.45) is 0 Å². The number of nitrogens with two attached hydrogens (primary N) is 1. The third kappa shape index (κ3) is 19.1. The van der Waals surface area contributed by atoms with Gasteiger partial charge in [-0.3, -0.25) is 24.5 Å². The number of phenols is 2. The molecule has 24 heteroatoms. The van der Waals surface area contributed by atoms with Crippen LogP contribution in [-0.2, 0) is 19.8 Å². The van der Waals surface area contributed by atoms with E-state index < -0.39 is 11.1 Å². The number of ether oxygens (including phenoxy) is 9. The number of phenolic OH excluding ortho intramolecular Hbond substituents is 2. The Bertz CT molecular complexity index is 3690. The SMILES string of the molecule is C.COc1ccc(C(=O)Cl)nc1.COc1ccc(COc2ccc(O)c(N)c2)nc1.COc1ccc(COc2ccc(O)c(NC(=O)c3ccc(OC)cn3)c2)nc1.COc1ccc(COc2ccc3oc(-c4ccc(OC)cn4)nc3c2)nc1. The maximum absolute atomic E-state index is 12.3. The Hall–Kier alpha value is -10.9. The predicted octanol–water partition coefficient (Wildman–Crippen LogP) is 11.0. The fraction of sp³-hybridized carbons (Fsp3) is 0.164. The molecule has 7 heterocycles. The number of halogens is 1. The number of anilines is 2. The Kier molecular flexibility index (Phi) is 23.7. The Morgan fingerprint density at radius 1 is 0.482 bits per heavy atom. The van der Waals surface area contributed by atoms with Crippen molar-refractivity contribution in [3.63, 3.8) is 0 Å². The second-order valence-corrected chi connectivity index (χ2v) is 17.3. The highest BCUT2D eigenvalue weighted by molar-refractivity contribution is 6.67. The molecule has 5 N–H and O–H groups in total. The number of nitrogens with one attached hydrogen (secondary N) is 1. The van der Waals surface area contributed by atoms with Crippen LogP contribution in [-0.4, -0.2) is 98.9 Å². The van der Waals surface area contributed by atoms with Crippen molar-refractivity contribution in [3.05, 3.63) is 193 Å². The van der Waals surface area contributed by atoms with E-state index in [1.54, 1.807) is 102 Å². The largest absolute Gasteiger partial charge is 0.506 e. The zero-order valence-corrected chi connectivity index (χ0v) is 46.8. The van der Waals surface area contributed by atoms with Gasteiger partial charge in [-0.1, -0.05) is 7.43 Å². The smallest absolute Gasteiger partial charge is 0.274 e. The van der Waals surface area contributed by atoms with Gasteiger partial charge < -0.3 is 68.3 Å². The molecule has 10 aromatic rings. The van der Waals surface area contributed by atoms with Crippen LogP contribution in [0.2, 0.25) is 0 Å². The highest BCUT2D eigenvalue weighted by Gasteiger charge is 2.14. The number of fused-ring (bicyclic) bond motifs is 1. The van der Waals surface area contributed by atoms with Crippen LogP contribution in [0.4, 0.5) is 11.4 Å². The quantitative estimate of drug-likeness (QED) is 0.0332. The van der Waals surface area contributed by atoms with E-state index in [9.17, 15) is 19.8 Å². The van der Waals surface area contributed by atoms with Gasteiger partial charge in [0.05, 0.1) is 108 Å². The number of aromatic hydroxyl groups is 2. The number of hydrogen-bond acceptors (Lipinski definition) is 22. The summed E-state index contributed by atoms with van der Waals surface area (Å²) in [6.07, 6.45) is 9.40. The molecule has 23 nitrogen and oxygen atoms in total. The molecule has 0 saturated heterocycles. The van der Waals surface area contributed by atoms with Gasteiger partial charge in [-0.25, -0.2) is 19.9 Å². The normalized spacial score (nSPS) is 10.1. The zero-order chi connectivity index (χ0) is 59.8. The minimum Gasteiger partial charge on any atom is -0.506 e. The second kappa shape index (κ2) is 31.9. The molecule has 0 unspecified atom stereocenters. The summed E-state index contributed by atoms with van der Waals surface area (Å²) in [5, 5.41) is 21.3. The lowest BCUT2D eigenvalue weighted by atomic mass is 10.2. The second-order valence-electron chi connectivity index (χ2n) is 17.0. The van der Waals surface area contributed by atoms with E-state index in [-0.39, 0.29) is 48.3 Å². The van der Waals surface area contributed by atoms with Crippen LogP contribution in [0.15, 0.2) is 169 Å². The van der Waals surface area contributed by atoms with Crippen LogP contribution >= 0.6 is 11.6 Å². The van der Waals surface area contributed by atoms with Gasteiger partial charge in [0.15, 0.2) is 5.58 Å². The van der Waals surface area contributed by atoms with E-state index in [4.69, 9.17) is 64.4 Å². The van der Waals surface area contributed by atoms with Crippen LogP contribution < -0.4 is 53.7 Å². The van der Waals surface area contributed by atoms with E-state index >= 15 is 0 Å². The first-order valence-electron chi connectivity index (χ1n) is 25.0. The number of amides is 1. The molecule has 10 rings (SSSR count). The summed E-state index contributed by atoms with van der Waals surface area (Å²) in [4.78, 5) is 52.1. The first kappa shape index (κ1) is 63.2. The number of methoxy groups -OCH3 is 6. The first-order chi connectivity index (χ1) is 40.8. The molecular formula is C61H60ClN9O14. The average molecular weight is 1180 g/mol. The number of carbonyl (C=O) groups is 2. The van der Waals surface area contributed by atoms with E-state index in [0.29, 0.717) is 93.3 Å². The number of oxazole rings is 1. The molecule has 0 spiro atoms. The van der Waals surface area contributed by atoms with Gasteiger partial charge in [-0.15, -0.1) is 0 Å². The number of benzene rings is 3. The van der Waals surface area contributed by atoms with Crippen molar-refractivity contribution in [2.45, 2.75) is 27.2 Å². The van der Waals surface area contributed by atoms with Crippen molar-refractivity contribution >= 4 is 45.2 Å². The Morgan fingerprint density at radius 2 is 0.882 bits per heavy atom. The molecular weight excluding hydrogens is 1120 g/mol. The standard InChI is InChI=1S/C20H19N3O5.C20H17N3O4.C13H14N2O3.C7H6ClNO2.CH4/c1-26-15-4-3-13(21-10-15)12-28-14-6-8-19(24)18(9-14)23-20(25)17-7-5-16(27-2)11-22-17;1-24-15-4-3-13(21-10-15)12-26-14-6-8-19-18(9-14)23-20(27-19)17-7-5-16(25-2)11-22-17;1-17-11-3-2-9(15-7-11)8-18-10-4-5-13(16)12(14)6-10;1-11-5-2-3-6(7(8)10)9-4-5;/h3-11,24H,12H2,1-2H3,(H,23,25);3-11H,12H2,1-2H3;2-7,16H,8,14H2,1H3;2-4H,1H3;1H4. The topological polar surface area (TPSA) is 299 Å². The van der Waals surface area contributed by atoms with E-state index in [2.05, 4.69) is 40.2 Å². The Morgan fingerprint density at radius 3 is 1.29 bits per heavy atom. The van der Waals surface area contributed by atoms with Crippen molar-refractivity contribution in [2.75, 3.05) is 53.7 Å². The van der Waals surface area contributed by atoms with Crippen molar-refractivity contribution < 1.29 is 66.9 Å². The van der Waals surface area contributed by atoms with Crippen LogP contribution in [0, 0.1) is 0 Å². The highest BCUT2D eigenvalue weighted by Crippen LogP contribution is 2.31. The molecule has 3 aromatic carbocycles. The van der Waals surface area contributed by atoms with Gasteiger partial charge in [0.2, 0.25) is 5.89 Å². The van der Waals surface area contributed by atoms with Crippen molar-refractivity contribution in [1.82, 2.24) is 34.9 Å². The Balaban J connectivity index is 0.000000190. The summed E-state index contributed by atoms with van der Waals surface area (Å²) >= 11 is 5.16. The molecule has 7 aromatic heterocycles. The molecule has 0 bridgehead atoms. The average Bonchev–Trinajstić information content (AvgIpc) is 3.40. The summed E-state index contributed by atoms with van der Waals surface area (Å²) < 4.78 is 52.9. The van der Waals surface area contributed by atoms with Crippen LogP contribution in [0.5, 0.6) is 63.2 Å². The third-order valence-electron chi connectivity index (χ3n) is 11.4. The van der Waals surface area contributed by atoms with E-state index in [1.807, 2.05) is 48.5 Å². The number of nitrogen functional groups attached to an aromatic ring is 1. The molecule has 0 atom stereocenters. The van der Waals surface area contributed by atoms with Crippen LogP contribution in [0.25, 0.3) is 22.7 Å². The number of rotatable bonds is 19. The molecule has 440 valence electrons. The maximum atomic E-state index is 12.3. The summed E-state index contributed by atoms with van der Waals surface area (Å²) in [5.74, 6) is 5.57. The molecule has 0 fully saturated rings. The van der Waals surface area contributed by atoms with Crippen LogP contribution in [0.1, 0.15) is 45.5 Å². The summed E-state index contributed by atoms with van der Waals surface area (Å²) in [6.45, 7) is 0.899. The number of pyridine rings is 6. The van der Waals surface area contributed by atoms with Gasteiger partial charge in [0.25, 0.3) is 11.1 Å². The van der Waals surface area contributed by atoms with Gasteiger partial charge in [0, 0.05) is 18.2 Å². The summed E-state index contributed by atoms with van der Waals surface area (Å²) in [7, 11) is 9.41. The monoisotopic (exact) mass is 1180 g/mol. The van der Waals surface area contributed by atoms with E-state index in [1.165, 1.54) is 56.9 Å². The van der Waals surface area contributed by atoms with Crippen molar-refractivity contribution in [3.8, 4) is 74.8 Å². The molecule has 85 heavy (non-hydrogen) atoms. The van der Waals surface area contributed by atoms with Crippen LogP contribution in [0.3, 0.4) is 0 Å².